The van der Waals surface area contributed by atoms with Crippen LogP contribution in [0.25, 0.3) is 54.7 Å². The Morgan fingerprint density at radius 2 is 1.43 bits per heavy atom. The van der Waals surface area contributed by atoms with Gasteiger partial charge in [0.25, 0.3) is 0 Å². The fourth-order valence-corrected chi connectivity index (χ4v) is 6.98. The molecule has 3 heteroatoms. The van der Waals surface area contributed by atoms with Crippen molar-refractivity contribution in [3.63, 3.8) is 0 Å². The Labute approximate surface area is 283 Å². The molecule has 0 fully saturated rings. The third-order valence-electron chi connectivity index (χ3n) is 9.29. The summed E-state index contributed by atoms with van der Waals surface area (Å²) < 4.78 is 0. The van der Waals surface area contributed by atoms with Gasteiger partial charge < -0.3 is 10.3 Å². The van der Waals surface area contributed by atoms with Crippen molar-refractivity contribution in [3.05, 3.63) is 175 Å². The molecule has 1 unspecified atom stereocenters. The van der Waals surface area contributed by atoms with Crippen LogP contribution in [0.5, 0.6) is 0 Å². The Kier molecular flexibility index (Phi) is 7.90. The first kappa shape index (κ1) is 29.9. The number of rotatable bonds is 2. The Balaban J connectivity index is 0.000000220. The summed E-state index contributed by atoms with van der Waals surface area (Å²) in [6.07, 6.45) is 10.0. The number of benzene rings is 6. The Bertz CT molecular complexity index is 2280. The molecule has 0 saturated carbocycles. The van der Waals surface area contributed by atoms with Crippen molar-refractivity contribution in [1.82, 2.24) is 10.3 Å². The van der Waals surface area contributed by atoms with Crippen LogP contribution in [0.3, 0.4) is 0 Å². The van der Waals surface area contributed by atoms with Crippen LogP contribution in [-0.2, 0) is 25.5 Å². The SMILES string of the molecule is CC1(C)c2ccccc2-c2c[c-]c(-c3nccc4c3ccc3c5ccccc5ccc43)cc21.[Ir].[c-]1ccccc1C1C=CC=CN1. The number of nitrogens with one attached hydrogen (secondary N) is 1. The molecular weight excluding hydrogens is 737 g/mol. The normalized spacial score (nSPS) is 15.4. The maximum absolute atomic E-state index is 4.84. The fourth-order valence-electron chi connectivity index (χ4n) is 6.98. The molecule has 1 atom stereocenters. The molecule has 2 heterocycles. The number of fused-ring (bicyclic) bond motifs is 8. The minimum absolute atomic E-state index is 0. The van der Waals surface area contributed by atoms with Gasteiger partial charge in [-0.2, -0.15) is 30.3 Å². The monoisotopic (exact) mass is 769 g/mol. The van der Waals surface area contributed by atoms with Crippen LogP contribution in [-0.4, -0.2) is 4.98 Å². The smallest absolute Gasteiger partial charge is 0.0471 e. The summed E-state index contributed by atoms with van der Waals surface area (Å²) in [7, 11) is 0. The van der Waals surface area contributed by atoms with Gasteiger partial charge in [0.2, 0.25) is 0 Å². The summed E-state index contributed by atoms with van der Waals surface area (Å²) in [6, 6.07) is 47.9. The van der Waals surface area contributed by atoms with Crippen molar-refractivity contribution in [3.8, 4) is 22.4 Å². The third-order valence-corrected chi connectivity index (χ3v) is 9.29. The fraction of sp³-hybridized carbons (Fsp3) is 0.0930. The first-order valence-electron chi connectivity index (χ1n) is 15.5. The molecule has 2 nitrogen and oxygen atoms in total. The predicted octanol–water partition coefficient (Wildman–Crippen LogP) is 10.5. The quantitative estimate of drug-likeness (QED) is 0.140. The molecule has 1 aromatic heterocycles. The van der Waals surface area contributed by atoms with Crippen LogP contribution in [0.15, 0.2) is 146 Å². The standard InChI is InChI=1S/C32H22N.C11H10N.Ir/c1-32(2)29-10-6-5-9-26(29)27-14-12-21(19-30(27)32)31-28-16-15-23-22-8-4-3-7-20(22)11-13-24(23)25(28)17-18-33-31;1-2-6-10(7-3-1)11-8-4-5-9-12-11;/h3-11,13-19H,1-2H3;1-6,8-9,11-12H;/q2*-1;. The summed E-state index contributed by atoms with van der Waals surface area (Å²) in [4.78, 5) is 4.84. The first-order valence-corrected chi connectivity index (χ1v) is 15.5. The van der Waals surface area contributed by atoms with Gasteiger partial charge in [-0.15, -0.1) is 34.9 Å². The molecule has 9 rings (SSSR count). The van der Waals surface area contributed by atoms with E-state index in [2.05, 4.69) is 134 Å². The molecule has 1 aliphatic heterocycles. The molecule has 0 spiro atoms. The van der Waals surface area contributed by atoms with Crippen molar-refractivity contribution < 1.29 is 20.1 Å². The summed E-state index contributed by atoms with van der Waals surface area (Å²) in [5.41, 5.74) is 8.54. The molecule has 46 heavy (non-hydrogen) atoms. The van der Waals surface area contributed by atoms with Crippen LogP contribution < -0.4 is 5.32 Å². The van der Waals surface area contributed by atoms with E-state index in [0.717, 1.165) is 11.3 Å². The average Bonchev–Trinajstić information content (AvgIpc) is 3.34. The summed E-state index contributed by atoms with van der Waals surface area (Å²) in [5.74, 6) is 0. The first-order chi connectivity index (χ1) is 22.1. The summed E-state index contributed by atoms with van der Waals surface area (Å²) in [5, 5.41) is 10.8. The molecule has 0 saturated heterocycles. The van der Waals surface area contributed by atoms with E-state index in [1.807, 2.05) is 42.7 Å². The van der Waals surface area contributed by atoms with Gasteiger partial charge in [-0.3, -0.25) is 0 Å². The van der Waals surface area contributed by atoms with Gasteiger partial charge >= 0.3 is 0 Å². The summed E-state index contributed by atoms with van der Waals surface area (Å²) in [6.45, 7) is 4.63. The van der Waals surface area contributed by atoms with Gasteiger partial charge in [0, 0.05) is 32.3 Å². The Hall–Kier alpha value is -4.82. The largest absolute Gasteiger partial charge is 0.383 e. The maximum Gasteiger partial charge on any atom is 0.0471 e. The number of allylic oxidation sites excluding steroid dienone is 2. The maximum atomic E-state index is 4.84. The van der Waals surface area contributed by atoms with Crippen molar-refractivity contribution >= 4 is 32.3 Å². The van der Waals surface area contributed by atoms with E-state index in [1.165, 1.54) is 60.1 Å². The van der Waals surface area contributed by atoms with Crippen molar-refractivity contribution in [1.29, 1.82) is 0 Å². The predicted molar refractivity (Wildman–Crippen MR) is 188 cm³/mol. The number of hydrogen-bond acceptors (Lipinski definition) is 2. The molecule has 0 bridgehead atoms. The zero-order valence-corrected chi connectivity index (χ0v) is 28.1. The van der Waals surface area contributed by atoms with Crippen LogP contribution in [0.2, 0.25) is 0 Å². The van der Waals surface area contributed by atoms with E-state index in [9.17, 15) is 0 Å². The van der Waals surface area contributed by atoms with E-state index in [-0.39, 0.29) is 31.6 Å². The zero-order chi connectivity index (χ0) is 30.4. The second kappa shape index (κ2) is 12.2. The molecule has 225 valence electrons. The van der Waals surface area contributed by atoms with Crippen molar-refractivity contribution in [2.75, 3.05) is 0 Å². The average molecular weight is 769 g/mol. The minimum atomic E-state index is -0.0357. The molecule has 1 radical (unpaired) electrons. The number of pyridine rings is 1. The van der Waals surface area contributed by atoms with E-state index in [4.69, 9.17) is 4.98 Å². The van der Waals surface area contributed by atoms with Crippen LogP contribution >= 0.6 is 0 Å². The summed E-state index contributed by atoms with van der Waals surface area (Å²) >= 11 is 0. The van der Waals surface area contributed by atoms with Gasteiger partial charge in [-0.05, 0) is 67.3 Å². The molecule has 0 amide bonds. The van der Waals surface area contributed by atoms with Gasteiger partial charge in [-0.25, -0.2) is 0 Å². The van der Waals surface area contributed by atoms with Gasteiger partial charge in [0.15, 0.2) is 0 Å². The molecule has 1 N–H and O–H groups in total. The van der Waals surface area contributed by atoms with Crippen molar-refractivity contribution in [2.45, 2.75) is 25.3 Å². The Morgan fingerprint density at radius 3 is 2.28 bits per heavy atom. The van der Waals surface area contributed by atoms with Crippen LogP contribution in [0, 0.1) is 12.1 Å². The molecule has 1 aliphatic carbocycles. The zero-order valence-electron chi connectivity index (χ0n) is 25.7. The second-order valence-corrected chi connectivity index (χ2v) is 12.3. The number of dihydropyridines is 1. The van der Waals surface area contributed by atoms with E-state index in [0.29, 0.717) is 0 Å². The number of aromatic nitrogens is 1. The number of nitrogens with zero attached hydrogens (tertiary/aromatic N) is 1. The topological polar surface area (TPSA) is 24.9 Å². The molecular formula is C43H32IrN2-2. The van der Waals surface area contributed by atoms with E-state index >= 15 is 0 Å². The van der Waals surface area contributed by atoms with Gasteiger partial charge in [0.05, 0.1) is 0 Å². The minimum Gasteiger partial charge on any atom is -0.383 e. The molecule has 7 aromatic rings. The van der Waals surface area contributed by atoms with Gasteiger partial charge in [-0.1, -0.05) is 110 Å². The van der Waals surface area contributed by atoms with Crippen LogP contribution in [0.1, 0.15) is 36.6 Å². The second-order valence-electron chi connectivity index (χ2n) is 12.3. The van der Waals surface area contributed by atoms with E-state index < -0.39 is 0 Å². The van der Waals surface area contributed by atoms with E-state index in [1.54, 1.807) is 0 Å². The van der Waals surface area contributed by atoms with Gasteiger partial charge in [0.1, 0.15) is 0 Å². The third kappa shape index (κ3) is 5.07. The number of hydrogen-bond donors (Lipinski definition) is 1. The van der Waals surface area contributed by atoms with Crippen molar-refractivity contribution in [2.24, 2.45) is 0 Å². The van der Waals surface area contributed by atoms with Crippen LogP contribution in [0.4, 0.5) is 0 Å². The molecule has 2 aliphatic rings. The Morgan fingerprint density at radius 1 is 0.674 bits per heavy atom. The molecule has 6 aromatic carbocycles.